The highest BCUT2D eigenvalue weighted by Crippen LogP contribution is 2.28. The van der Waals surface area contributed by atoms with Crippen LogP contribution in [0.15, 0.2) is 47.4 Å². The number of rotatable bonds is 8. The van der Waals surface area contributed by atoms with E-state index in [1.165, 1.54) is 31.5 Å². The van der Waals surface area contributed by atoms with Gasteiger partial charge in [-0.2, -0.15) is 0 Å². The van der Waals surface area contributed by atoms with E-state index in [4.69, 9.17) is 4.74 Å². The Morgan fingerprint density at radius 1 is 1.13 bits per heavy atom. The molecule has 0 aromatic heterocycles. The van der Waals surface area contributed by atoms with Gasteiger partial charge in [-0.05, 0) is 66.9 Å². The molecule has 1 N–H and O–H groups in total. The molecule has 1 fully saturated rings. The minimum Gasteiger partial charge on any atom is -0.496 e. The second-order valence-electron chi connectivity index (χ2n) is 8.48. The third kappa shape index (κ3) is 6.91. The van der Waals surface area contributed by atoms with Crippen LogP contribution in [0, 0.1) is 5.92 Å². The van der Waals surface area contributed by atoms with E-state index in [2.05, 4.69) is 41.4 Å². The van der Waals surface area contributed by atoms with Crippen molar-refractivity contribution in [1.29, 1.82) is 0 Å². The van der Waals surface area contributed by atoms with E-state index in [-0.39, 0.29) is 6.03 Å². The summed E-state index contributed by atoms with van der Waals surface area (Å²) in [7, 11) is 3.49. The predicted octanol–water partition coefficient (Wildman–Crippen LogP) is 4.99. The van der Waals surface area contributed by atoms with Crippen LogP contribution < -0.4 is 10.1 Å². The number of carbonyl (C=O) groups is 1. The lowest BCUT2D eigenvalue weighted by molar-refractivity contribution is 0.185. The first-order chi connectivity index (χ1) is 15.0. The number of benzene rings is 2. The third-order valence-corrected chi connectivity index (χ3v) is 6.74. The summed E-state index contributed by atoms with van der Waals surface area (Å²) in [4.78, 5) is 17.8. The van der Waals surface area contributed by atoms with Crippen molar-refractivity contribution >= 4 is 17.8 Å². The molecule has 0 radical (unpaired) electrons. The van der Waals surface area contributed by atoms with Crippen molar-refractivity contribution in [3.05, 3.63) is 59.2 Å². The van der Waals surface area contributed by atoms with Gasteiger partial charge >= 0.3 is 6.03 Å². The molecule has 0 unspecified atom stereocenters. The summed E-state index contributed by atoms with van der Waals surface area (Å²) in [6.45, 7) is 6.80. The van der Waals surface area contributed by atoms with Gasteiger partial charge in [0.15, 0.2) is 0 Å². The second kappa shape index (κ2) is 11.4. The summed E-state index contributed by atoms with van der Waals surface area (Å²) in [6, 6.07) is 14.6. The van der Waals surface area contributed by atoms with E-state index in [0.717, 1.165) is 34.2 Å². The van der Waals surface area contributed by atoms with Gasteiger partial charge < -0.3 is 15.0 Å². The van der Waals surface area contributed by atoms with Crippen LogP contribution >= 0.6 is 11.8 Å². The van der Waals surface area contributed by atoms with Crippen LogP contribution in [0.4, 0.5) is 4.79 Å². The van der Waals surface area contributed by atoms with Gasteiger partial charge in [-0.25, -0.2) is 4.79 Å². The molecule has 3 rings (SSSR count). The minimum atomic E-state index is -0.0839. The lowest BCUT2D eigenvalue weighted by atomic mass is 9.99. The molecule has 6 heteroatoms. The van der Waals surface area contributed by atoms with Crippen LogP contribution in [-0.4, -0.2) is 49.3 Å². The Morgan fingerprint density at radius 3 is 2.42 bits per heavy atom. The SMILES string of the molecule is COc1cc(CN(C)C(=O)NCc2ccc(CN3CCC(C)CC3)cc2)ccc1SC. The maximum absolute atomic E-state index is 12.5. The van der Waals surface area contributed by atoms with Crippen LogP contribution in [-0.2, 0) is 19.6 Å². The van der Waals surface area contributed by atoms with Gasteiger partial charge in [0.2, 0.25) is 0 Å². The number of hydrogen-bond donors (Lipinski definition) is 1. The first-order valence-corrected chi connectivity index (χ1v) is 12.2. The Hall–Kier alpha value is -2.18. The minimum absolute atomic E-state index is 0.0839. The highest BCUT2D eigenvalue weighted by atomic mass is 32.2. The lowest BCUT2D eigenvalue weighted by Gasteiger charge is -2.30. The number of ether oxygens (including phenoxy) is 1. The van der Waals surface area contributed by atoms with Gasteiger partial charge in [-0.3, -0.25) is 4.90 Å². The van der Waals surface area contributed by atoms with Gasteiger partial charge in [-0.15, -0.1) is 11.8 Å². The average Bonchev–Trinajstić information content (AvgIpc) is 2.79. The number of hydrogen-bond acceptors (Lipinski definition) is 4. The summed E-state index contributed by atoms with van der Waals surface area (Å²) in [5, 5.41) is 3.02. The maximum atomic E-state index is 12.5. The molecule has 0 aliphatic carbocycles. The zero-order valence-electron chi connectivity index (χ0n) is 19.2. The number of likely N-dealkylation sites (tertiary alicyclic amines) is 1. The lowest BCUT2D eigenvalue weighted by Crippen LogP contribution is -2.36. The fourth-order valence-electron chi connectivity index (χ4n) is 3.88. The first-order valence-electron chi connectivity index (χ1n) is 11.0. The van der Waals surface area contributed by atoms with Crippen molar-refractivity contribution in [2.24, 2.45) is 5.92 Å². The van der Waals surface area contributed by atoms with Crippen molar-refractivity contribution in [3.63, 3.8) is 0 Å². The molecule has 0 atom stereocenters. The molecule has 1 saturated heterocycles. The monoisotopic (exact) mass is 441 g/mol. The van der Waals surface area contributed by atoms with E-state index in [1.807, 2.05) is 31.5 Å². The number of thioether (sulfide) groups is 1. The molecule has 31 heavy (non-hydrogen) atoms. The molecule has 2 amide bonds. The molecule has 168 valence electrons. The molecule has 1 heterocycles. The molecular formula is C25H35N3O2S. The smallest absolute Gasteiger partial charge is 0.317 e. The average molecular weight is 442 g/mol. The number of urea groups is 1. The number of methoxy groups -OCH3 is 1. The van der Waals surface area contributed by atoms with Crippen LogP contribution in [0.25, 0.3) is 0 Å². The zero-order valence-corrected chi connectivity index (χ0v) is 20.0. The predicted molar refractivity (Wildman–Crippen MR) is 129 cm³/mol. The topological polar surface area (TPSA) is 44.8 Å². The van der Waals surface area contributed by atoms with Crippen molar-refractivity contribution < 1.29 is 9.53 Å². The number of nitrogens with zero attached hydrogens (tertiary/aromatic N) is 2. The van der Waals surface area contributed by atoms with Crippen LogP contribution in [0.2, 0.25) is 0 Å². The largest absolute Gasteiger partial charge is 0.496 e. The zero-order chi connectivity index (χ0) is 22.2. The van der Waals surface area contributed by atoms with Gasteiger partial charge in [0.05, 0.1) is 7.11 Å². The molecule has 2 aromatic rings. The first kappa shape index (κ1) is 23.5. The highest BCUT2D eigenvalue weighted by molar-refractivity contribution is 7.98. The Morgan fingerprint density at radius 2 is 1.77 bits per heavy atom. The Balaban J connectivity index is 1.46. The molecule has 2 aromatic carbocycles. The number of carbonyl (C=O) groups excluding carboxylic acids is 1. The molecule has 5 nitrogen and oxygen atoms in total. The van der Waals surface area contributed by atoms with Crippen LogP contribution in [0.5, 0.6) is 5.75 Å². The number of nitrogens with one attached hydrogen (secondary N) is 1. The summed E-state index contributed by atoms with van der Waals surface area (Å²) in [5.74, 6) is 1.70. The molecule has 0 saturated carbocycles. The summed E-state index contributed by atoms with van der Waals surface area (Å²) >= 11 is 1.65. The summed E-state index contributed by atoms with van der Waals surface area (Å²) in [5.41, 5.74) is 3.50. The van der Waals surface area contributed by atoms with Crippen molar-refractivity contribution in [2.45, 2.75) is 44.3 Å². The Labute approximate surface area is 191 Å². The van der Waals surface area contributed by atoms with E-state index in [0.29, 0.717) is 13.1 Å². The van der Waals surface area contributed by atoms with Crippen LogP contribution in [0.3, 0.4) is 0 Å². The fraction of sp³-hybridized carbons (Fsp3) is 0.480. The number of amides is 2. The van der Waals surface area contributed by atoms with E-state index < -0.39 is 0 Å². The van der Waals surface area contributed by atoms with Crippen molar-refractivity contribution in [2.75, 3.05) is 33.5 Å². The second-order valence-corrected chi connectivity index (χ2v) is 9.33. The Bertz CT molecular complexity index is 848. The van der Waals surface area contributed by atoms with Crippen molar-refractivity contribution in [3.8, 4) is 5.75 Å². The molecular weight excluding hydrogens is 406 g/mol. The molecule has 0 bridgehead atoms. The van der Waals surface area contributed by atoms with E-state index >= 15 is 0 Å². The normalized spacial score (nSPS) is 15.0. The molecule has 0 spiro atoms. The quantitative estimate of drug-likeness (QED) is 0.586. The molecule has 1 aliphatic rings. The highest BCUT2D eigenvalue weighted by Gasteiger charge is 2.15. The van der Waals surface area contributed by atoms with E-state index in [9.17, 15) is 4.79 Å². The van der Waals surface area contributed by atoms with Gasteiger partial charge in [0, 0.05) is 31.6 Å². The maximum Gasteiger partial charge on any atom is 0.317 e. The third-order valence-electron chi connectivity index (χ3n) is 5.96. The van der Waals surface area contributed by atoms with E-state index in [1.54, 1.807) is 23.8 Å². The van der Waals surface area contributed by atoms with Crippen molar-refractivity contribution in [1.82, 2.24) is 15.1 Å². The Kier molecular flexibility index (Phi) is 8.67. The standard InChI is InChI=1S/C25H35N3O2S/c1-19-11-13-28(14-12-19)18-21-7-5-20(6-8-21)16-26-25(29)27(2)17-22-9-10-24(31-4)23(15-22)30-3/h5-10,15,19H,11-14,16-18H2,1-4H3,(H,26,29). The number of piperidine rings is 1. The summed E-state index contributed by atoms with van der Waals surface area (Å²) in [6.07, 6.45) is 4.62. The molecule has 1 aliphatic heterocycles. The summed E-state index contributed by atoms with van der Waals surface area (Å²) < 4.78 is 5.44. The fourth-order valence-corrected chi connectivity index (χ4v) is 4.43. The van der Waals surface area contributed by atoms with Gasteiger partial charge in [0.25, 0.3) is 0 Å². The van der Waals surface area contributed by atoms with Gasteiger partial charge in [0.1, 0.15) is 5.75 Å². The van der Waals surface area contributed by atoms with Gasteiger partial charge in [-0.1, -0.05) is 37.3 Å². The van der Waals surface area contributed by atoms with Crippen LogP contribution in [0.1, 0.15) is 36.5 Å².